The van der Waals surface area contributed by atoms with E-state index in [1.54, 1.807) is 12.1 Å². The van der Waals surface area contributed by atoms with E-state index in [4.69, 9.17) is 5.11 Å². The molecule has 7 heteroatoms. The molecule has 0 saturated heterocycles. The SMILES string of the molecule is CC(F)(F)CNc1nnc(-c2ccc(O)cc2)s1. The van der Waals surface area contributed by atoms with Crippen LogP contribution < -0.4 is 5.32 Å². The second-order valence-corrected chi connectivity index (χ2v) is 4.86. The molecule has 2 aromatic rings. The quantitative estimate of drug-likeness (QED) is 0.897. The average Bonchev–Trinajstić information content (AvgIpc) is 2.75. The van der Waals surface area contributed by atoms with Crippen molar-refractivity contribution < 1.29 is 13.9 Å². The molecule has 0 aliphatic heterocycles. The number of aromatic hydroxyl groups is 1. The Balaban J connectivity index is 2.08. The van der Waals surface area contributed by atoms with Gasteiger partial charge in [-0.15, -0.1) is 10.2 Å². The number of aromatic nitrogens is 2. The summed E-state index contributed by atoms with van der Waals surface area (Å²) >= 11 is 1.18. The number of rotatable bonds is 4. The largest absolute Gasteiger partial charge is 0.508 e. The number of hydrogen-bond donors (Lipinski definition) is 2. The Hall–Kier alpha value is -1.76. The number of phenols is 1. The van der Waals surface area contributed by atoms with E-state index in [1.165, 1.54) is 23.5 Å². The molecular formula is C11H11F2N3OS. The smallest absolute Gasteiger partial charge is 0.262 e. The number of benzene rings is 1. The van der Waals surface area contributed by atoms with Gasteiger partial charge in [-0.3, -0.25) is 0 Å². The molecule has 0 aliphatic rings. The molecule has 0 radical (unpaired) electrons. The van der Waals surface area contributed by atoms with Crippen molar-refractivity contribution in [1.29, 1.82) is 0 Å². The Morgan fingerprint density at radius 3 is 2.56 bits per heavy atom. The Morgan fingerprint density at radius 2 is 1.94 bits per heavy atom. The van der Waals surface area contributed by atoms with Gasteiger partial charge in [0.05, 0.1) is 6.54 Å². The third-order valence-electron chi connectivity index (χ3n) is 2.09. The van der Waals surface area contributed by atoms with Crippen LogP contribution in [0.1, 0.15) is 6.92 Å². The van der Waals surface area contributed by atoms with Crippen LogP contribution in [0.3, 0.4) is 0 Å². The fourth-order valence-corrected chi connectivity index (χ4v) is 1.99. The minimum Gasteiger partial charge on any atom is -0.508 e. The summed E-state index contributed by atoms with van der Waals surface area (Å²) in [6.07, 6.45) is 0. The van der Waals surface area contributed by atoms with Crippen molar-refractivity contribution in [3.63, 3.8) is 0 Å². The highest BCUT2D eigenvalue weighted by Gasteiger charge is 2.21. The number of alkyl halides is 2. The van der Waals surface area contributed by atoms with E-state index in [-0.39, 0.29) is 5.75 Å². The summed E-state index contributed by atoms with van der Waals surface area (Å²) in [4.78, 5) is 0. The number of nitrogens with zero attached hydrogens (tertiary/aromatic N) is 2. The third kappa shape index (κ3) is 3.36. The maximum Gasteiger partial charge on any atom is 0.262 e. The lowest BCUT2D eigenvalue weighted by atomic mass is 10.2. The molecule has 0 bridgehead atoms. The van der Waals surface area contributed by atoms with E-state index in [0.717, 1.165) is 12.5 Å². The zero-order valence-electron chi connectivity index (χ0n) is 9.52. The molecule has 0 unspecified atom stereocenters. The second kappa shape index (κ2) is 4.85. The zero-order valence-corrected chi connectivity index (χ0v) is 10.3. The summed E-state index contributed by atoms with van der Waals surface area (Å²) in [5.41, 5.74) is 0.779. The highest BCUT2D eigenvalue weighted by molar-refractivity contribution is 7.18. The molecule has 0 fully saturated rings. The fraction of sp³-hybridized carbons (Fsp3) is 0.273. The number of anilines is 1. The molecule has 1 aromatic heterocycles. The van der Waals surface area contributed by atoms with Gasteiger partial charge < -0.3 is 10.4 Å². The van der Waals surface area contributed by atoms with Gasteiger partial charge in [-0.1, -0.05) is 11.3 Å². The van der Waals surface area contributed by atoms with Crippen molar-refractivity contribution >= 4 is 16.5 Å². The van der Waals surface area contributed by atoms with Crippen LogP contribution >= 0.6 is 11.3 Å². The van der Waals surface area contributed by atoms with Crippen molar-refractivity contribution in [2.75, 3.05) is 11.9 Å². The summed E-state index contributed by atoms with van der Waals surface area (Å²) < 4.78 is 25.3. The van der Waals surface area contributed by atoms with Crippen LogP contribution in [0.4, 0.5) is 13.9 Å². The summed E-state index contributed by atoms with van der Waals surface area (Å²) in [5.74, 6) is -2.63. The monoisotopic (exact) mass is 271 g/mol. The van der Waals surface area contributed by atoms with E-state index in [2.05, 4.69) is 15.5 Å². The van der Waals surface area contributed by atoms with E-state index in [0.29, 0.717) is 10.1 Å². The highest BCUT2D eigenvalue weighted by Crippen LogP contribution is 2.27. The van der Waals surface area contributed by atoms with Gasteiger partial charge in [-0.25, -0.2) is 8.78 Å². The Kier molecular flexibility index (Phi) is 3.42. The summed E-state index contributed by atoms with van der Waals surface area (Å²) in [6.45, 7) is 0.360. The Morgan fingerprint density at radius 1 is 1.28 bits per heavy atom. The molecule has 0 spiro atoms. The standard InChI is InChI=1S/C11H11F2N3OS/c1-11(12,13)6-14-10-16-15-9(18-10)7-2-4-8(17)5-3-7/h2-5,17H,6H2,1H3,(H,14,16). The van der Waals surface area contributed by atoms with E-state index >= 15 is 0 Å². The van der Waals surface area contributed by atoms with Crippen molar-refractivity contribution in [3.05, 3.63) is 24.3 Å². The van der Waals surface area contributed by atoms with Crippen LogP contribution in [-0.4, -0.2) is 27.8 Å². The summed E-state index contributed by atoms with van der Waals surface area (Å²) in [5, 5.41) is 20.3. The van der Waals surface area contributed by atoms with Crippen LogP contribution in [0, 0.1) is 0 Å². The van der Waals surface area contributed by atoms with Crippen molar-refractivity contribution in [1.82, 2.24) is 10.2 Å². The molecule has 0 amide bonds. The molecule has 1 aromatic carbocycles. The average molecular weight is 271 g/mol. The molecule has 2 N–H and O–H groups in total. The molecule has 0 saturated carbocycles. The molecule has 2 rings (SSSR count). The van der Waals surface area contributed by atoms with Gasteiger partial charge in [0.1, 0.15) is 10.8 Å². The predicted octanol–water partition coefficient (Wildman–Crippen LogP) is 2.98. The predicted molar refractivity (Wildman–Crippen MR) is 66.1 cm³/mol. The lowest BCUT2D eigenvalue weighted by Gasteiger charge is -2.09. The van der Waals surface area contributed by atoms with E-state index in [9.17, 15) is 8.78 Å². The maximum absolute atomic E-state index is 12.6. The first-order valence-corrected chi connectivity index (χ1v) is 6.00. The minimum absolute atomic E-state index is 0.159. The summed E-state index contributed by atoms with van der Waals surface area (Å²) in [6, 6.07) is 6.44. The van der Waals surface area contributed by atoms with Crippen LogP contribution in [0.2, 0.25) is 0 Å². The van der Waals surface area contributed by atoms with Crippen LogP contribution in [0.15, 0.2) is 24.3 Å². The first-order chi connectivity index (χ1) is 8.44. The number of nitrogens with one attached hydrogen (secondary N) is 1. The first kappa shape index (κ1) is 12.7. The molecule has 18 heavy (non-hydrogen) atoms. The van der Waals surface area contributed by atoms with E-state index in [1.807, 2.05) is 0 Å². The van der Waals surface area contributed by atoms with E-state index < -0.39 is 12.5 Å². The third-order valence-corrected chi connectivity index (χ3v) is 3.02. The minimum atomic E-state index is -2.79. The normalized spacial score (nSPS) is 11.5. The van der Waals surface area contributed by atoms with Crippen molar-refractivity contribution in [2.24, 2.45) is 0 Å². The van der Waals surface area contributed by atoms with Gasteiger partial charge in [-0.2, -0.15) is 0 Å². The van der Waals surface area contributed by atoms with Crippen molar-refractivity contribution in [3.8, 4) is 16.3 Å². The van der Waals surface area contributed by atoms with Crippen LogP contribution in [0.5, 0.6) is 5.75 Å². The first-order valence-electron chi connectivity index (χ1n) is 5.19. The Labute approximate surface area is 106 Å². The molecule has 0 aliphatic carbocycles. The number of hydrogen-bond acceptors (Lipinski definition) is 5. The van der Waals surface area contributed by atoms with Gasteiger partial charge in [0.15, 0.2) is 0 Å². The fourth-order valence-electron chi connectivity index (χ4n) is 1.25. The van der Waals surface area contributed by atoms with Gasteiger partial charge in [0, 0.05) is 12.5 Å². The lowest BCUT2D eigenvalue weighted by molar-refractivity contribution is 0.0367. The zero-order chi connectivity index (χ0) is 13.2. The van der Waals surface area contributed by atoms with Crippen molar-refractivity contribution in [2.45, 2.75) is 12.8 Å². The van der Waals surface area contributed by atoms with Crippen LogP contribution in [0.25, 0.3) is 10.6 Å². The summed E-state index contributed by atoms with van der Waals surface area (Å²) in [7, 11) is 0. The van der Waals surface area contributed by atoms with Gasteiger partial charge >= 0.3 is 0 Å². The van der Waals surface area contributed by atoms with Gasteiger partial charge in [-0.05, 0) is 24.3 Å². The number of halogens is 2. The van der Waals surface area contributed by atoms with Gasteiger partial charge in [0.2, 0.25) is 5.13 Å². The Bertz CT molecular complexity index is 522. The van der Waals surface area contributed by atoms with Gasteiger partial charge in [0.25, 0.3) is 5.92 Å². The molecule has 1 heterocycles. The molecular weight excluding hydrogens is 260 g/mol. The second-order valence-electron chi connectivity index (χ2n) is 3.88. The maximum atomic E-state index is 12.6. The topological polar surface area (TPSA) is 58.0 Å². The lowest BCUT2D eigenvalue weighted by Crippen LogP contribution is -2.22. The van der Waals surface area contributed by atoms with Crippen LogP contribution in [-0.2, 0) is 0 Å². The molecule has 96 valence electrons. The molecule has 0 atom stereocenters. The number of phenolic OH excluding ortho intramolecular Hbond substituents is 1. The highest BCUT2D eigenvalue weighted by atomic mass is 32.1. The molecule has 4 nitrogen and oxygen atoms in total.